The highest BCUT2D eigenvalue weighted by Crippen LogP contribution is 2.18. The van der Waals surface area contributed by atoms with Crippen LogP contribution in [0.1, 0.15) is 25.1 Å². The number of rotatable bonds is 7. The molecule has 0 aliphatic rings. The Kier molecular flexibility index (Phi) is 5.77. The number of aromatic nitrogens is 2. The summed E-state index contributed by atoms with van der Waals surface area (Å²) in [5.41, 5.74) is 1.61. The molecule has 0 atom stereocenters. The average Bonchev–Trinajstić information content (AvgIpc) is 2.86. The first kappa shape index (κ1) is 17.2. The monoisotopic (exact) mass is 385 g/mol. The molecule has 0 radical (unpaired) electrons. The number of halogens is 1. The number of hydrogen-bond donors (Lipinski definition) is 1. The summed E-state index contributed by atoms with van der Waals surface area (Å²) in [5, 5.41) is 4.23. The third-order valence-electron chi connectivity index (χ3n) is 3.12. The molecule has 1 N–H and O–H groups in total. The second-order valence-electron chi connectivity index (χ2n) is 5.57. The van der Waals surface area contributed by atoms with Gasteiger partial charge in [-0.1, -0.05) is 48.0 Å². The lowest BCUT2D eigenvalue weighted by atomic mass is 10.2. The Morgan fingerprint density at radius 1 is 1.27 bits per heavy atom. The van der Waals surface area contributed by atoms with Crippen molar-refractivity contribution in [3.63, 3.8) is 0 Å². The number of benzene rings is 1. The zero-order valence-electron chi connectivity index (χ0n) is 12.7. The predicted octanol–water partition coefficient (Wildman–Crippen LogP) is 2.92. The van der Waals surface area contributed by atoms with Crippen LogP contribution in [0, 0.1) is 5.92 Å². The highest BCUT2D eigenvalue weighted by atomic mass is 79.9. The molecule has 0 aliphatic carbocycles. The van der Waals surface area contributed by atoms with Gasteiger partial charge < -0.3 is 0 Å². The molecule has 120 valence electrons. The molecule has 0 fully saturated rings. The highest BCUT2D eigenvalue weighted by molar-refractivity contribution is 9.10. The third-order valence-corrected chi connectivity index (χ3v) is 5.17. The van der Waals surface area contributed by atoms with Crippen molar-refractivity contribution in [3.05, 3.63) is 52.3 Å². The van der Waals surface area contributed by atoms with Gasteiger partial charge in [0.25, 0.3) is 0 Å². The summed E-state index contributed by atoms with van der Waals surface area (Å²) in [7, 11) is -3.40. The first-order chi connectivity index (χ1) is 10.4. The van der Waals surface area contributed by atoms with Gasteiger partial charge in [0.2, 0.25) is 10.0 Å². The smallest absolute Gasteiger partial charge is 0.216 e. The topological polar surface area (TPSA) is 64.0 Å². The highest BCUT2D eigenvalue weighted by Gasteiger charge is 2.14. The Bertz CT molecular complexity index is 726. The maximum Gasteiger partial charge on any atom is 0.216 e. The van der Waals surface area contributed by atoms with E-state index < -0.39 is 10.0 Å². The van der Waals surface area contributed by atoms with Crippen LogP contribution < -0.4 is 4.72 Å². The standard InChI is InChI=1S/C15H20BrN3O2S/c1-12(2)10-19-14(7-8-17-19)9-18-22(20,21)11-13-5-3-4-6-15(13)16/h3-8,12,18H,9-11H2,1-2H3. The molecule has 0 bridgehead atoms. The minimum absolute atomic E-state index is 0.0489. The Hall–Kier alpha value is -1.18. The number of hydrogen-bond acceptors (Lipinski definition) is 3. The van der Waals surface area contributed by atoms with Gasteiger partial charge >= 0.3 is 0 Å². The molecule has 1 aromatic carbocycles. The fraction of sp³-hybridized carbons (Fsp3) is 0.400. The Balaban J connectivity index is 2.01. The van der Waals surface area contributed by atoms with Gasteiger partial charge in [0, 0.05) is 17.2 Å². The molecule has 1 aromatic heterocycles. The van der Waals surface area contributed by atoms with Gasteiger partial charge in [-0.25, -0.2) is 13.1 Å². The van der Waals surface area contributed by atoms with Crippen LogP contribution in [0.25, 0.3) is 0 Å². The summed E-state index contributed by atoms with van der Waals surface area (Å²) in [6, 6.07) is 9.16. The maximum atomic E-state index is 12.2. The summed E-state index contributed by atoms with van der Waals surface area (Å²) in [6.07, 6.45) is 1.69. The molecule has 2 rings (SSSR count). The largest absolute Gasteiger partial charge is 0.268 e. The van der Waals surface area contributed by atoms with E-state index in [0.717, 1.165) is 22.3 Å². The van der Waals surface area contributed by atoms with Gasteiger partial charge in [0.05, 0.1) is 18.0 Å². The fourth-order valence-electron chi connectivity index (χ4n) is 2.08. The molecule has 22 heavy (non-hydrogen) atoms. The van der Waals surface area contributed by atoms with Crippen LogP contribution in [0.4, 0.5) is 0 Å². The van der Waals surface area contributed by atoms with Crippen LogP contribution in [0.3, 0.4) is 0 Å². The summed E-state index contributed by atoms with van der Waals surface area (Å²) in [4.78, 5) is 0. The van der Waals surface area contributed by atoms with E-state index in [0.29, 0.717) is 5.92 Å². The number of nitrogens with zero attached hydrogens (tertiary/aromatic N) is 2. The van der Waals surface area contributed by atoms with Crippen molar-refractivity contribution in [2.75, 3.05) is 0 Å². The SMILES string of the molecule is CC(C)Cn1nccc1CNS(=O)(=O)Cc1ccccc1Br. The van der Waals surface area contributed by atoms with Crippen LogP contribution in [0.15, 0.2) is 41.0 Å². The van der Waals surface area contributed by atoms with Crippen LogP contribution in [0.2, 0.25) is 0 Å². The lowest BCUT2D eigenvalue weighted by Crippen LogP contribution is -2.26. The van der Waals surface area contributed by atoms with Gasteiger partial charge in [0.1, 0.15) is 0 Å². The number of sulfonamides is 1. The first-order valence-corrected chi connectivity index (χ1v) is 9.53. The molecule has 0 unspecified atom stereocenters. The van der Waals surface area contributed by atoms with E-state index in [-0.39, 0.29) is 12.3 Å². The quantitative estimate of drug-likeness (QED) is 0.796. The lowest BCUT2D eigenvalue weighted by Gasteiger charge is -2.11. The lowest BCUT2D eigenvalue weighted by molar-refractivity contribution is 0.466. The average molecular weight is 386 g/mol. The van der Waals surface area contributed by atoms with E-state index in [4.69, 9.17) is 0 Å². The second-order valence-corrected chi connectivity index (χ2v) is 8.23. The van der Waals surface area contributed by atoms with E-state index in [1.54, 1.807) is 12.3 Å². The zero-order chi connectivity index (χ0) is 16.2. The van der Waals surface area contributed by atoms with Gasteiger partial charge in [-0.15, -0.1) is 0 Å². The van der Waals surface area contributed by atoms with Gasteiger partial charge in [-0.2, -0.15) is 5.10 Å². The van der Waals surface area contributed by atoms with Crippen molar-refractivity contribution < 1.29 is 8.42 Å². The van der Waals surface area contributed by atoms with Crippen molar-refractivity contribution in [1.29, 1.82) is 0 Å². The molecule has 1 heterocycles. The molecular formula is C15H20BrN3O2S. The van der Waals surface area contributed by atoms with Crippen molar-refractivity contribution >= 4 is 26.0 Å². The van der Waals surface area contributed by atoms with E-state index in [1.165, 1.54) is 0 Å². The van der Waals surface area contributed by atoms with Gasteiger partial charge in [-0.05, 0) is 23.6 Å². The van der Waals surface area contributed by atoms with Crippen molar-refractivity contribution in [2.45, 2.75) is 32.7 Å². The predicted molar refractivity (Wildman–Crippen MR) is 90.7 cm³/mol. The summed E-state index contributed by atoms with van der Waals surface area (Å²) in [6.45, 7) is 5.22. The van der Waals surface area contributed by atoms with E-state index >= 15 is 0 Å². The van der Waals surface area contributed by atoms with Gasteiger partial charge in [-0.3, -0.25) is 4.68 Å². The minimum Gasteiger partial charge on any atom is -0.268 e. The Morgan fingerprint density at radius 3 is 2.68 bits per heavy atom. The molecular weight excluding hydrogens is 366 g/mol. The summed E-state index contributed by atoms with van der Waals surface area (Å²) < 4.78 is 29.7. The Morgan fingerprint density at radius 2 is 2.00 bits per heavy atom. The van der Waals surface area contributed by atoms with E-state index in [2.05, 4.69) is 39.6 Å². The molecule has 7 heteroatoms. The first-order valence-electron chi connectivity index (χ1n) is 7.09. The summed E-state index contributed by atoms with van der Waals surface area (Å²) >= 11 is 3.37. The minimum atomic E-state index is -3.40. The van der Waals surface area contributed by atoms with Crippen LogP contribution in [0.5, 0.6) is 0 Å². The second kappa shape index (κ2) is 7.39. The van der Waals surface area contributed by atoms with Crippen LogP contribution >= 0.6 is 15.9 Å². The van der Waals surface area contributed by atoms with Crippen molar-refractivity contribution in [3.8, 4) is 0 Å². The molecule has 2 aromatic rings. The molecule has 5 nitrogen and oxygen atoms in total. The summed E-state index contributed by atoms with van der Waals surface area (Å²) in [5.74, 6) is 0.405. The normalized spacial score (nSPS) is 12.0. The third kappa shape index (κ3) is 4.93. The maximum absolute atomic E-state index is 12.2. The molecule has 0 saturated heterocycles. The number of nitrogens with one attached hydrogen (secondary N) is 1. The van der Waals surface area contributed by atoms with E-state index in [9.17, 15) is 8.42 Å². The fourth-order valence-corrected chi connectivity index (χ4v) is 3.82. The Labute approximate surface area is 139 Å². The molecule has 0 saturated carbocycles. The van der Waals surface area contributed by atoms with Gasteiger partial charge in [0.15, 0.2) is 0 Å². The molecule has 0 amide bonds. The van der Waals surface area contributed by atoms with Crippen LogP contribution in [-0.4, -0.2) is 18.2 Å². The molecule has 0 aliphatic heterocycles. The molecule has 0 spiro atoms. The van der Waals surface area contributed by atoms with Crippen molar-refractivity contribution in [2.24, 2.45) is 5.92 Å². The van der Waals surface area contributed by atoms with Crippen molar-refractivity contribution in [1.82, 2.24) is 14.5 Å². The van der Waals surface area contributed by atoms with Crippen LogP contribution in [-0.2, 0) is 28.9 Å². The van der Waals surface area contributed by atoms with E-state index in [1.807, 2.05) is 28.9 Å². The zero-order valence-corrected chi connectivity index (χ0v) is 15.1.